The van der Waals surface area contributed by atoms with E-state index in [4.69, 9.17) is 5.11 Å². The molecule has 0 saturated heterocycles. The molecule has 0 saturated carbocycles. The number of amides is 1. The molecule has 0 radical (unpaired) electrons. The minimum Gasteiger partial charge on any atom is -0.478 e. The van der Waals surface area contributed by atoms with Gasteiger partial charge in [0.05, 0.1) is 23.5 Å². The third kappa shape index (κ3) is 1.84. The summed E-state index contributed by atoms with van der Waals surface area (Å²) in [5.74, 6) is -1.01. The molecule has 0 atom stereocenters. The molecule has 0 spiro atoms. The molecule has 90 valence electrons. The number of carboxylic acid groups (broad SMARTS) is 1. The molecule has 1 aliphatic heterocycles. The highest BCUT2D eigenvalue weighted by atomic mass is 16.4. The Balaban J connectivity index is 2.54. The number of aromatic carboxylic acids is 1. The van der Waals surface area contributed by atoms with Gasteiger partial charge in [-0.3, -0.25) is 4.79 Å². The van der Waals surface area contributed by atoms with E-state index in [9.17, 15) is 9.59 Å². The summed E-state index contributed by atoms with van der Waals surface area (Å²) >= 11 is 0. The standard InChI is InChI=1S/C12H14N2O3/c1-3-14-7-11(15)13(2)10-6-8(12(16)17)4-5-9(10)14/h4-6H,3,7H2,1-2H3,(H,16,17). The highest BCUT2D eigenvalue weighted by Gasteiger charge is 2.26. The molecule has 0 bridgehead atoms. The second-order valence-electron chi connectivity index (χ2n) is 3.98. The molecule has 1 heterocycles. The van der Waals surface area contributed by atoms with Crippen molar-refractivity contribution in [3.05, 3.63) is 23.8 Å². The van der Waals surface area contributed by atoms with Crippen LogP contribution in [0.2, 0.25) is 0 Å². The Morgan fingerprint density at radius 3 is 2.71 bits per heavy atom. The summed E-state index contributed by atoms with van der Waals surface area (Å²) in [5, 5.41) is 8.94. The van der Waals surface area contributed by atoms with Crippen LogP contribution in [0.4, 0.5) is 11.4 Å². The SMILES string of the molecule is CCN1CC(=O)N(C)c2cc(C(=O)O)ccc21. The zero-order valence-electron chi connectivity index (χ0n) is 9.80. The normalized spacial score (nSPS) is 14.8. The second kappa shape index (κ2) is 4.08. The van der Waals surface area contributed by atoms with Crippen LogP contribution >= 0.6 is 0 Å². The lowest BCUT2D eigenvalue weighted by Crippen LogP contribution is -2.43. The minimum absolute atomic E-state index is 0.0260. The summed E-state index contributed by atoms with van der Waals surface area (Å²) in [6.07, 6.45) is 0. The monoisotopic (exact) mass is 234 g/mol. The van der Waals surface area contributed by atoms with Gasteiger partial charge in [0, 0.05) is 13.6 Å². The van der Waals surface area contributed by atoms with Crippen molar-refractivity contribution < 1.29 is 14.7 Å². The summed E-state index contributed by atoms with van der Waals surface area (Å²) < 4.78 is 0. The first-order valence-corrected chi connectivity index (χ1v) is 5.43. The second-order valence-corrected chi connectivity index (χ2v) is 3.98. The molecule has 0 aliphatic carbocycles. The Morgan fingerprint density at radius 2 is 2.12 bits per heavy atom. The first-order valence-electron chi connectivity index (χ1n) is 5.43. The van der Waals surface area contributed by atoms with Crippen molar-refractivity contribution in [2.75, 3.05) is 29.9 Å². The Bertz CT molecular complexity index is 485. The predicted octanol–water partition coefficient (Wildman–Crippen LogP) is 1.19. The summed E-state index contributed by atoms with van der Waals surface area (Å²) in [6, 6.07) is 4.86. The van der Waals surface area contributed by atoms with Crippen LogP contribution < -0.4 is 9.80 Å². The van der Waals surface area contributed by atoms with Gasteiger partial charge in [0.1, 0.15) is 0 Å². The Labute approximate surface area is 99.3 Å². The van der Waals surface area contributed by atoms with Crippen molar-refractivity contribution in [2.24, 2.45) is 0 Å². The molecule has 5 nitrogen and oxygen atoms in total. The highest BCUT2D eigenvalue weighted by molar-refractivity contribution is 6.04. The van der Waals surface area contributed by atoms with Gasteiger partial charge < -0.3 is 14.9 Å². The van der Waals surface area contributed by atoms with Gasteiger partial charge in [0.2, 0.25) is 5.91 Å². The van der Waals surface area contributed by atoms with E-state index in [1.54, 1.807) is 19.2 Å². The average molecular weight is 234 g/mol. The molecule has 5 heteroatoms. The van der Waals surface area contributed by atoms with Crippen molar-refractivity contribution in [1.82, 2.24) is 0 Å². The van der Waals surface area contributed by atoms with Crippen LogP contribution in [0.15, 0.2) is 18.2 Å². The fourth-order valence-electron chi connectivity index (χ4n) is 1.96. The molecule has 0 fully saturated rings. The van der Waals surface area contributed by atoms with Crippen molar-refractivity contribution in [3.63, 3.8) is 0 Å². The van der Waals surface area contributed by atoms with Crippen LogP contribution in [0.3, 0.4) is 0 Å². The highest BCUT2D eigenvalue weighted by Crippen LogP contribution is 2.33. The van der Waals surface area contributed by atoms with E-state index in [0.29, 0.717) is 12.2 Å². The number of hydrogen-bond acceptors (Lipinski definition) is 3. The molecule has 0 aromatic heterocycles. The van der Waals surface area contributed by atoms with Crippen molar-refractivity contribution in [2.45, 2.75) is 6.92 Å². The third-order valence-electron chi connectivity index (χ3n) is 3.01. The number of anilines is 2. The van der Waals surface area contributed by atoms with E-state index in [1.165, 1.54) is 11.0 Å². The smallest absolute Gasteiger partial charge is 0.335 e. The number of benzene rings is 1. The van der Waals surface area contributed by atoms with Crippen molar-refractivity contribution in [1.29, 1.82) is 0 Å². The molecule has 0 unspecified atom stereocenters. The van der Waals surface area contributed by atoms with Crippen LogP contribution in [0.1, 0.15) is 17.3 Å². The number of nitrogens with zero attached hydrogens (tertiary/aromatic N) is 2. The number of carboxylic acids is 1. The van der Waals surface area contributed by atoms with Gasteiger partial charge in [0.25, 0.3) is 0 Å². The molecule has 1 aliphatic rings. The Kier molecular flexibility index (Phi) is 2.75. The quantitative estimate of drug-likeness (QED) is 0.835. The lowest BCUT2D eigenvalue weighted by atomic mass is 10.1. The van der Waals surface area contributed by atoms with Gasteiger partial charge in [-0.1, -0.05) is 0 Å². The van der Waals surface area contributed by atoms with Crippen molar-refractivity contribution in [3.8, 4) is 0 Å². The first-order chi connectivity index (χ1) is 8.04. The van der Waals surface area contributed by atoms with E-state index in [2.05, 4.69) is 0 Å². The molecule has 1 aromatic rings. The minimum atomic E-state index is -0.984. The molecule has 1 amide bonds. The zero-order chi connectivity index (χ0) is 12.6. The molecule has 1 aromatic carbocycles. The Hall–Kier alpha value is -2.04. The fourth-order valence-corrected chi connectivity index (χ4v) is 1.96. The molecular weight excluding hydrogens is 220 g/mol. The van der Waals surface area contributed by atoms with E-state index in [-0.39, 0.29) is 11.5 Å². The topological polar surface area (TPSA) is 60.9 Å². The van der Waals surface area contributed by atoms with Crippen LogP contribution in [-0.4, -0.2) is 37.1 Å². The number of fused-ring (bicyclic) bond motifs is 1. The van der Waals surface area contributed by atoms with Crippen LogP contribution in [0.5, 0.6) is 0 Å². The van der Waals surface area contributed by atoms with E-state index in [0.717, 1.165) is 12.2 Å². The Morgan fingerprint density at radius 1 is 1.41 bits per heavy atom. The third-order valence-corrected chi connectivity index (χ3v) is 3.01. The van der Waals surface area contributed by atoms with Gasteiger partial charge >= 0.3 is 5.97 Å². The molecule has 1 N–H and O–H groups in total. The summed E-state index contributed by atoms with van der Waals surface area (Å²) in [6.45, 7) is 3.03. The molecular formula is C12H14N2O3. The van der Waals surface area contributed by atoms with Crippen LogP contribution in [0.25, 0.3) is 0 Å². The predicted molar refractivity (Wildman–Crippen MR) is 64.7 cm³/mol. The number of likely N-dealkylation sites (N-methyl/N-ethyl adjacent to an activating group) is 2. The average Bonchev–Trinajstić information content (AvgIpc) is 2.33. The van der Waals surface area contributed by atoms with Crippen LogP contribution in [0, 0.1) is 0 Å². The maximum Gasteiger partial charge on any atom is 0.335 e. The zero-order valence-corrected chi connectivity index (χ0v) is 9.80. The summed E-state index contributed by atoms with van der Waals surface area (Å²) in [4.78, 5) is 26.1. The summed E-state index contributed by atoms with van der Waals surface area (Å²) in [7, 11) is 1.67. The van der Waals surface area contributed by atoms with Crippen molar-refractivity contribution >= 4 is 23.3 Å². The van der Waals surface area contributed by atoms with E-state index < -0.39 is 5.97 Å². The van der Waals surface area contributed by atoms with Crippen LogP contribution in [-0.2, 0) is 4.79 Å². The van der Waals surface area contributed by atoms with E-state index in [1.807, 2.05) is 11.8 Å². The lowest BCUT2D eigenvalue weighted by molar-refractivity contribution is -0.117. The largest absolute Gasteiger partial charge is 0.478 e. The lowest BCUT2D eigenvalue weighted by Gasteiger charge is -2.34. The molecule has 17 heavy (non-hydrogen) atoms. The number of carbonyl (C=O) groups is 2. The maximum atomic E-state index is 11.7. The molecule has 2 rings (SSSR count). The van der Waals surface area contributed by atoms with Gasteiger partial charge in [0.15, 0.2) is 0 Å². The number of rotatable bonds is 2. The van der Waals surface area contributed by atoms with Gasteiger partial charge in [-0.05, 0) is 25.1 Å². The first kappa shape index (κ1) is 11.4. The van der Waals surface area contributed by atoms with Gasteiger partial charge in [-0.15, -0.1) is 0 Å². The van der Waals surface area contributed by atoms with Gasteiger partial charge in [-0.2, -0.15) is 0 Å². The summed E-state index contributed by atoms with van der Waals surface area (Å²) in [5.41, 5.74) is 1.75. The van der Waals surface area contributed by atoms with Gasteiger partial charge in [-0.25, -0.2) is 4.79 Å². The fraction of sp³-hybridized carbons (Fsp3) is 0.333. The number of carbonyl (C=O) groups excluding carboxylic acids is 1. The van der Waals surface area contributed by atoms with E-state index >= 15 is 0 Å². The maximum absolute atomic E-state index is 11.7. The number of hydrogen-bond donors (Lipinski definition) is 1.